The molecule has 0 aliphatic heterocycles. The van der Waals surface area contributed by atoms with Crippen LogP contribution in [0.25, 0.3) is 10.9 Å². The number of nitrogens with two attached hydrogens (primary N) is 1. The van der Waals surface area contributed by atoms with E-state index in [1.54, 1.807) is 0 Å². The highest BCUT2D eigenvalue weighted by molar-refractivity contribution is 5.83. The van der Waals surface area contributed by atoms with Crippen molar-refractivity contribution in [3.8, 4) is 0 Å². The molecule has 0 fully saturated rings. The van der Waals surface area contributed by atoms with Gasteiger partial charge in [-0.15, -0.1) is 0 Å². The second-order valence-electron chi connectivity index (χ2n) is 3.80. The van der Waals surface area contributed by atoms with Gasteiger partial charge in [0, 0.05) is 18.2 Å². The quantitative estimate of drug-likeness (QED) is 0.835. The highest BCUT2D eigenvalue weighted by atomic mass is 16.5. The summed E-state index contributed by atoms with van der Waals surface area (Å²) in [6, 6.07) is 8.38. The number of aromatic nitrogens is 1. The lowest BCUT2D eigenvalue weighted by molar-refractivity contribution is 0.0908. The molecule has 3 nitrogen and oxygen atoms in total. The van der Waals surface area contributed by atoms with E-state index in [4.69, 9.17) is 10.5 Å². The lowest BCUT2D eigenvalue weighted by Crippen LogP contribution is -2.03. The van der Waals surface area contributed by atoms with Crippen LogP contribution in [0.4, 0.5) is 0 Å². The normalized spacial score (nSPS) is 11.1. The van der Waals surface area contributed by atoms with Gasteiger partial charge in [-0.25, -0.2) is 0 Å². The molecular weight excluding hydrogens is 200 g/mol. The largest absolute Gasteiger partial charge is 0.361 e. The van der Waals surface area contributed by atoms with Crippen molar-refractivity contribution in [1.29, 1.82) is 0 Å². The van der Waals surface area contributed by atoms with Gasteiger partial charge >= 0.3 is 0 Å². The molecule has 3 heteroatoms. The summed E-state index contributed by atoms with van der Waals surface area (Å²) in [5.74, 6) is 0. The van der Waals surface area contributed by atoms with Crippen LogP contribution < -0.4 is 5.73 Å². The highest BCUT2D eigenvalue weighted by Gasteiger charge is 2.06. The van der Waals surface area contributed by atoms with Crippen LogP contribution in [-0.4, -0.2) is 17.7 Å². The van der Waals surface area contributed by atoms with Gasteiger partial charge in [0.25, 0.3) is 0 Å². The van der Waals surface area contributed by atoms with Crippen LogP contribution in [0, 0.1) is 0 Å². The zero-order valence-electron chi connectivity index (χ0n) is 9.65. The average molecular weight is 218 g/mol. The molecule has 0 aliphatic rings. The minimum absolute atomic E-state index is 0.613. The molecule has 86 valence electrons. The lowest BCUT2D eigenvalue weighted by atomic mass is 10.1. The van der Waals surface area contributed by atoms with Gasteiger partial charge in [-0.3, -0.25) is 0 Å². The van der Waals surface area contributed by atoms with Crippen molar-refractivity contribution in [3.05, 3.63) is 36.0 Å². The molecule has 0 radical (unpaired) electrons. The van der Waals surface area contributed by atoms with Crippen molar-refractivity contribution < 1.29 is 4.74 Å². The maximum Gasteiger partial charge on any atom is 0.122 e. The molecule has 2 aromatic rings. The number of hydrogen-bond acceptors (Lipinski definition) is 2. The summed E-state index contributed by atoms with van der Waals surface area (Å²) in [4.78, 5) is 0. The number of nitrogens with zero attached hydrogens (tertiary/aromatic N) is 1. The minimum atomic E-state index is 0.613. The van der Waals surface area contributed by atoms with Gasteiger partial charge in [-0.2, -0.15) is 0 Å². The summed E-state index contributed by atoms with van der Waals surface area (Å²) in [5.41, 5.74) is 8.15. The van der Waals surface area contributed by atoms with Crippen LogP contribution in [0.3, 0.4) is 0 Å². The monoisotopic (exact) mass is 218 g/mol. The smallest absolute Gasteiger partial charge is 0.122 e. The Hall–Kier alpha value is -1.32. The highest BCUT2D eigenvalue weighted by Crippen LogP contribution is 2.21. The first kappa shape index (κ1) is 11.2. The fourth-order valence-electron chi connectivity index (χ4n) is 1.97. The minimum Gasteiger partial charge on any atom is -0.361 e. The number of fused-ring (bicyclic) bond motifs is 1. The predicted molar refractivity (Wildman–Crippen MR) is 66.3 cm³/mol. The fourth-order valence-corrected chi connectivity index (χ4v) is 1.97. The van der Waals surface area contributed by atoms with Crippen molar-refractivity contribution >= 4 is 10.9 Å². The SMILES string of the molecule is CCOCn1cc(CCN)c2ccccc21. The summed E-state index contributed by atoms with van der Waals surface area (Å²) in [6.45, 7) is 4.04. The van der Waals surface area contributed by atoms with Crippen LogP contribution in [0.2, 0.25) is 0 Å². The zero-order valence-corrected chi connectivity index (χ0v) is 9.65. The Bertz CT molecular complexity index is 462. The van der Waals surface area contributed by atoms with Gasteiger partial charge in [0.15, 0.2) is 0 Å². The van der Waals surface area contributed by atoms with Crippen LogP contribution >= 0.6 is 0 Å². The molecule has 0 atom stereocenters. The fraction of sp³-hybridized carbons (Fsp3) is 0.385. The molecule has 1 aromatic heterocycles. The third kappa shape index (κ3) is 2.10. The number of hydrogen-bond donors (Lipinski definition) is 1. The predicted octanol–water partition coefficient (Wildman–Crippen LogP) is 2.14. The van der Waals surface area contributed by atoms with Crippen LogP contribution in [0.15, 0.2) is 30.5 Å². The Morgan fingerprint density at radius 3 is 2.88 bits per heavy atom. The average Bonchev–Trinajstić information content (AvgIpc) is 2.66. The molecule has 1 heterocycles. The first-order valence-corrected chi connectivity index (χ1v) is 5.71. The van der Waals surface area contributed by atoms with Gasteiger partial charge in [0.2, 0.25) is 0 Å². The molecule has 0 aliphatic carbocycles. The Kier molecular flexibility index (Phi) is 3.59. The second kappa shape index (κ2) is 5.14. The third-order valence-corrected chi connectivity index (χ3v) is 2.72. The van der Waals surface area contributed by atoms with E-state index in [2.05, 4.69) is 35.0 Å². The van der Waals surface area contributed by atoms with E-state index in [0.717, 1.165) is 13.0 Å². The van der Waals surface area contributed by atoms with E-state index in [1.807, 2.05) is 6.92 Å². The van der Waals surface area contributed by atoms with E-state index in [0.29, 0.717) is 13.3 Å². The Morgan fingerprint density at radius 1 is 1.31 bits per heavy atom. The van der Waals surface area contributed by atoms with E-state index in [-0.39, 0.29) is 0 Å². The Balaban J connectivity index is 2.40. The number of benzene rings is 1. The van der Waals surface area contributed by atoms with Gasteiger partial charge in [-0.1, -0.05) is 18.2 Å². The van der Waals surface area contributed by atoms with Crippen molar-refractivity contribution in [3.63, 3.8) is 0 Å². The number of ether oxygens (including phenoxy) is 1. The van der Waals surface area contributed by atoms with E-state index in [9.17, 15) is 0 Å². The summed E-state index contributed by atoms with van der Waals surface area (Å²) in [7, 11) is 0. The maximum absolute atomic E-state index is 5.62. The summed E-state index contributed by atoms with van der Waals surface area (Å²) in [6.07, 6.45) is 3.06. The Morgan fingerprint density at radius 2 is 2.12 bits per heavy atom. The van der Waals surface area contributed by atoms with Crippen molar-refractivity contribution in [2.45, 2.75) is 20.1 Å². The molecule has 0 saturated carbocycles. The van der Waals surface area contributed by atoms with Crippen LogP contribution in [-0.2, 0) is 17.9 Å². The molecular formula is C13H18N2O. The summed E-state index contributed by atoms with van der Waals surface area (Å²) >= 11 is 0. The lowest BCUT2D eigenvalue weighted by Gasteiger charge is -2.04. The van der Waals surface area contributed by atoms with Crippen molar-refractivity contribution in [1.82, 2.24) is 4.57 Å². The first-order chi connectivity index (χ1) is 7.86. The topological polar surface area (TPSA) is 40.2 Å². The molecule has 0 saturated heterocycles. The van der Waals surface area contributed by atoms with Gasteiger partial charge in [0.05, 0.1) is 5.52 Å². The van der Waals surface area contributed by atoms with Gasteiger partial charge in [-0.05, 0) is 31.5 Å². The van der Waals surface area contributed by atoms with Crippen molar-refractivity contribution in [2.24, 2.45) is 5.73 Å². The van der Waals surface area contributed by atoms with E-state index >= 15 is 0 Å². The zero-order chi connectivity index (χ0) is 11.4. The molecule has 16 heavy (non-hydrogen) atoms. The molecule has 0 amide bonds. The van der Waals surface area contributed by atoms with Gasteiger partial charge in [0.1, 0.15) is 6.73 Å². The molecule has 2 N–H and O–H groups in total. The molecule has 0 unspecified atom stereocenters. The molecule has 1 aromatic carbocycles. The standard InChI is InChI=1S/C13H18N2O/c1-2-16-10-15-9-11(7-8-14)12-5-3-4-6-13(12)15/h3-6,9H,2,7-8,10,14H2,1H3. The number of para-hydroxylation sites is 1. The third-order valence-electron chi connectivity index (χ3n) is 2.72. The molecule has 0 spiro atoms. The Labute approximate surface area is 95.8 Å². The van der Waals surface area contributed by atoms with E-state index < -0.39 is 0 Å². The van der Waals surface area contributed by atoms with Crippen LogP contribution in [0.1, 0.15) is 12.5 Å². The van der Waals surface area contributed by atoms with Crippen molar-refractivity contribution in [2.75, 3.05) is 13.2 Å². The van der Waals surface area contributed by atoms with E-state index in [1.165, 1.54) is 16.5 Å². The maximum atomic E-state index is 5.62. The van der Waals surface area contributed by atoms with Crippen LogP contribution in [0.5, 0.6) is 0 Å². The molecule has 0 bridgehead atoms. The summed E-state index contributed by atoms with van der Waals surface area (Å²) in [5, 5.41) is 1.28. The molecule has 2 rings (SSSR count). The first-order valence-electron chi connectivity index (χ1n) is 5.71. The summed E-state index contributed by atoms with van der Waals surface area (Å²) < 4.78 is 7.59. The number of rotatable bonds is 5. The van der Waals surface area contributed by atoms with Gasteiger partial charge < -0.3 is 15.0 Å². The second-order valence-corrected chi connectivity index (χ2v) is 3.80.